The minimum Gasteiger partial charge on any atom is -0.383 e. The normalized spacial score (nSPS) is 27.7. The smallest absolute Gasteiger partial charge is 0.383 e. The van der Waals surface area contributed by atoms with Crippen LogP contribution in [0.5, 0.6) is 0 Å². The molecule has 6 rings (SSSR count). The van der Waals surface area contributed by atoms with E-state index in [1.54, 1.807) is 0 Å². The molecule has 1 saturated heterocycles. The van der Waals surface area contributed by atoms with E-state index in [1.807, 2.05) is 12.3 Å². The Bertz CT molecular complexity index is 1800. The van der Waals surface area contributed by atoms with E-state index in [0.717, 1.165) is 30.3 Å². The Morgan fingerprint density at radius 3 is 2.80 bits per heavy atom. The van der Waals surface area contributed by atoms with Crippen molar-refractivity contribution < 1.29 is 37.1 Å². The van der Waals surface area contributed by atoms with Gasteiger partial charge >= 0.3 is 15.1 Å². The summed E-state index contributed by atoms with van der Waals surface area (Å²) in [6.07, 6.45) is 2.83. The van der Waals surface area contributed by atoms with Crippen LogP contribution in [0.2, 0.25) is 0 Å². The zero-order chi connectivity index (χ0) is 31.2. The molecule has 5 heterocycles. The van der Waals surface area contributed by atoms with Gasteiger partial charge in [-0.2, -0.15) is 4.98 Å². The first-order valence-electron chi connectivity index (χ1n) is 13.5. The summed E-state index contributed by atoms with van der Waals surface area (Å²) in [6, 6.07) is 2.02. The molecule has 0 spiro atoms. The summed E-state index contributed by atoms with van der Waals surface area (Å²) in [6.45, 7) is -4.30. The number of fused-ring (bicyclic) bond motifs is 2. The van der Waals surface area contributed by atoms with Gasteiger partial charge in [-0.1, -0.05) is 12.2 Å². The summed E-state index contributed by atoms with van der Waals surface area (Å²) >= 11 is 4.25. The number of nitrogen functional groups attached to an aromatic ring is 2. The van der Waals surface area contributed by atoms with Gasteiger partial charge in [0.15, 0.2) is 17.4 Å². The van der Waals surface area contributed by atoms with Crippen molar-refractivity contribution in [2.75, 3.05) is 31.8 Å². The molecule has 2 unspecified atom stereocenters. The molecule has 6 N–H and O–H groups in total. The van der Waals surface area contributed by atoms with Crippen LogP contribution >= 0.6 is 27.3 Å². The van der Waals surface area contributed by atoms with Crippen LogP contribution in [-0.2, 0) is 32.2 Å². The molecule has 1 saturated carbocycles. The highest BCUT2D eigenvalue weighted by Gasteiger charge is 2.50. The molecule has 18 nitrogen and oxygen atoms in total. The highest BCUT2D eigenvalue weighted by molar-refractivity contribution is 8.44. The molecule has 2 aliphatic rings. The third-order valence-corrected chi connectivity index (χ3v) is 9.86. The van der Waals surface area contributed by atoms with Crippen molar-refractivity contribution in [2.24, 2.45) is 5.92 Å². The molecule has 2 fully saturated rings. The van der Waals surface area contributed by atoms with Crippen LogP contribution in [0.25, 0.3) is 22.2 Å². The molecule has 0 aromatic carbocycles. The molecule has 1 aliphatic heterocycles. The van der Waals surface area contributed by atoms with Crippen molar-refractivity contribution in [1.82, 2.24) is 34.1 Å². The number of H-pyrrole nitrogens is 1. The van der Waals surface area contributed by atoms with Crippen LogP contribution in [0.3, 0.4) is 0 Å². The maximum absolute atomic E-state index is 13.6. The van der Waals surface area contributed by atoms with Crippen molar-refractivity contribution in [3.8, 4) is 0 Å². The van der Waals surface area contributed by atoms with E-state index in [2.05, 4.69) is 41.7 Å². The van der Waals surface area contributed by atoms with Gasteiger partial charge in [0.1, 0.15) is 36.1 Å². The van der Waals surface area contributed by atoms with Gasteiger partial charge in [0.2, 0.25) is 5.95 Å². The molecule has 44 heavy (non-hydrogen) atoms. The second-order valence-corrected chi connectivity index (χ2v) is 14.2. The number of aromatic amines is 1. The quantitative estimate of drug-likeness (QED) is 0.113. The number of ether oxygens (including phenoxy) is 2. The number of aromatic nitrogens is 7. The van der Waals surface area contributed by atoms with Crippen molar-refractivity contribution in [2.45, 2.75) is 49.8 Å². The first-order valence-corrected chi connectivity index (χ1v) is 17.5. The number of methoxy groups -OCH3 is 1. The standard InChI is InChI=1S/C23H31N9O9P2S/c1-37-16-14(8-38-42(34)35)40-22(32-10-28-15-20(32)29-23(25)30-21(15)33)17(16)41-43(36,44)39-7-11-2-3-12(6-11)31-5-4-13-18(24)26-9-27-19(13)31/h4-5,9-12,14,16-17,22,42H,2-3,6-8H2,1H3,(H,34,35)(H,36,44)(H2,24,26,27)(H3,25,29,30,33)/t11-,12+,14-,16-,17-,22-,43?/m1/s1. The van der Waals surface area contributed by atoms with Crippen LogP contribution in [0, 0.1) is 5.92 Å². The van der Waals surface area contributed by atoms with E-state index in [-0.39, 0.29) is 42.3 Å². The molecule has 4 aromatic heterocycles. The zero-order valence-electron chi connectivity index (χ0n) is 23.3. The summed E-state index contributed by atoms with van der Waals surface area (Å²) in [5, 5.41) is 0.782. The predicted octanol–water partition coefficient (Wildman–Crippen LogP) is 1.82. The number of hydrogen-bond acceptors (Lipinski definition) is 14. The molecule has 4 aromatic rings. The van der Waals surface area contributed by atoms with Gasteiger partial charge in [-0.05, 0) is 31.2 Å². The first-order chi connectivity index (χ1) is 21.0. The second kappa shape index (κ2) is 12.5. The fourth-order valence-corrected chi connectivity index (χ4v) is 7.69. The van der Waals surface area contributed by atoms with E-state index in [9.17, 15) is 18.8 Å². The fourth-order valence-electron chi connectivity index (χ4n) is 5.87. The Kier molecular flexibility index (Phi) is 8.85. The number of nitrogens with one attached hydrogen (secondary N) is 1. The minimum atomic E-state index is -4.06. The Hall–Kier alpha value is -2.86. The van der Waals surface area contributed by atoms with Gasteiger partial charge in [0.05, 0.1) is 24.9 Å². The van der Waals surface area contributed by atoms with E-state index in [1.165, 1.54) is 24.3 Å². The molecular weight excluding hydrogens is 640 g/mol. The lowest BCUT2D eigenvalue weighted by molar-refractivity contribution is -0.0486. The Morgan fingerprint density at radius 1 is 1.20 bits per heavy atom. The van der Waals surface area contributed by atoms with Crippen molar-refractivity contribution in [1.29, 1.82) is 0 Å². The van der Waals surface area contributed by atoms with Gasteiger partial charge in [0, 0.05) is 19.3 Å². The summed E-state index contributed by atoms with van der Waals surface area (Å²) in [5.74, 6) is 0.302. The van der Waals surface area contributed by atoms with Gasteiger partial charge < -0.3 is 39.4 Å². The number of nitrogens with zero attached hydrogens (tertiary/aromatic N) is 6. The van der Waals surface area contributed by atoms with Crippen molar-refractivity contribution >= 4 is 61.3 Å². The highest BCUT2D eigenvalue weighted by Crippen LogP contribution is 2.57. The summed E-state index contributed by atoms with van der Waals surface area (Å²) in [7, 11) is -1.94. The number of hydrogen-bond donors (Lipinski definition) is 5. The second-order valence-electron chi connectivity index (χ2n) is 10.5. The SMILES string of the molecule is CO[C@H]1[C@@H](OP(=O)(S)OC[C@@H]2CC[C@H](n3ccc4c(N)ncnc43)C2)[C@H](n2cnc3c(=O)[nH]c(N)nc32)O[C@@H]1CO[PH](=O)O. The van der Waals surface area contributed by atoms with E-state index >= 15 is 0 Å². The molecule has 8 atom stereocenters. The molecule has 0 bridgehead atoms. The lowest BCUT2D eigenvalue weighted by Crippen LogP contribution is -2.36. The van der Waals surface area contributed by atoms with Crippen LogP contribution in [0.1, 0.15) is 31.5 Å². The average molecular weight is 672 g/mol. The van der Waals surface area contributed by atoms with Gasteiger partial charge in [-0.3, -0.25) is 23.4 Å². The Balaban J connectivity index is 1.19. The number of nitrogens with two attached hydrogens (primary N) is 2. The lowest BCUT2D eigenvalue weighted by atomic mass is 10.1. The topological polar surface area (TPSA) is 247 Å². The lowest BCUT2D eigenvalue weighted by Gasteiger charge is -2.26. The summed E-state index contributed by atoms with van der Waals surface area (Å²) in [5.41, 5.74) is 11.9. The Labute approximate surface area is 255 Å². The van der Waals surface area contributed by atoms with Crippen LogP contribution < -0.4 is 17.0 Å². The van der Waals surface area contributed by atoms with Crippen LogP contribution in [0.15, 0.2) is 29.7 Å². The summed E-state index contributed by atoms with van der Waals surface area (Å²) < 4.78 is 56.6. The maximum Gasteiger partial charge on any atom is 0.386 e. The molecular formula is C23H31N9O9P2S. The van der Waals surface area contributed by atoms with Crippen LogP contribution in [-0.4, -0.2) is 77.6 Å². The molecule has 0 radical (unpaired) electrons. The van der Waals surface area contributed by atoms with E-state index < -0.39 is 45.2 Å². The number of rotatable bonds is 11. The monoisotopic (exact) mass is 671 g/mol. The number of thiol groups is 1. The number of anilines is 2. The highest BCUT2D eigenvalue weighted by atomic mass is 32.7. The molecule has 1 aliphatic carbocycles. The Morgan fingerprint density at radius 2 is 2.02 bits per heavy atom. The van der Waals surface area contributed by atoms with E-state index in [4.69, 9.17) is 34.5 Å². The van der Waals surface area contributed by atoms with Gasteiger partial charge in [-0.15, -0.1) is 0 Å². The van der Waals surface area contributed by atoms with Gasteiger partial charge in [-0.25, -0.2) is 19.5 Å². The summed E-state index contributed by atoms with van der Waals surface area (Å²) in [4.78, 5) is 40.6. The molecule has 21 heteroatoms. The fraction of sp³-hybridized carbons (Fsp3) is 0.522. The predicted molar refractivity (Wildman–Crippen MR) is 160 cm³/mol. The zero-order valence-corrected chi connectivity index (χ0v) is 26.0. The van der Waals surface area contributed by atoms with Gasteiger partial charge in [0.25, 0.3) is 5.56 Å². The third-order valence-electron chi connectivity index (χ3n) is 7.83. The van der Waals surface area contributed by atoms with Crippen LogP contribution in [0.4, 0.5) is 11.8 Å². The number of imidazole rings is 1. The molecule has 0 amide bonds. The minimum absolute atomic E-state index is 0.0265. The average Bonchev–Trinajstić information content (AvgIpc) is 3.75. The van der Waals surface area contributed by atoms with Crippen molar-refractivity contribution in [3.05, 3.63) is 35.3 Å². The molecule has 238 valence electrons. The third kappa shape index (κ3) is 6.16. The maximum atomic E-state index is 13.6. The first kappa shape index (κ1) is 31.1. The van der Waals surface area contributed by atoms with Crippen molar-refractivity contribution in [3.63, 3.8) is 0 Å². The van der Waals surface area contributed by atoms with E-state index in [0.29, 0.717) is 5.82 Å². The largest absolute Gasteiger partial charge is 0.386 e.